The van der Waals surface area contributed by atoms with Gasteiger partial charge in [-0.25, -0.2) is 0 Å². The van der Waals surface area contributed by atoms with Crippen LogP contribution in [0, 0.1) is 0 Å². The second kappa shape index (κ2) is 8.66. The summed E-state index contributed by atoms with van der Waals surface area (Å²) in [6.07, 6.45) is 10.7. The fourth-order valence-electron chi connectivity index (χ4n) is 6.97. The normalized spacial score (nSPS) is 14.7. The van der Waals surface area contributed by atoms with Crippen LogP contribution in [0.4, 0.5) is 0 Å². The molecule has 0 amide bonds. The van der Waals surface area contributed by atoms with Crippen molar-refractivity contribution in [2.75, 3.05) is 0 Å². The number of hydrogen-bond acceptors (Lipinski definition) is 2. The third-order valence-corrected chi connectivity index (χ3v) is 8.84. The molecule has 0 atom stereocenters. The lowest BCUT2D eigenvalue weighted by atomic mass is 9.82. The predicted octanol–water partition coefficient (Wildman–Crippen LogP) is 8.51. The Hall–Kier alpha value is -4.69. The lowest BCUT2D eigenvalue weighted by Crippen LogP contribution is -2.31. The van der Waals surface area contributed by atoms with Gasteiger partial charge in [0.15, 0.2) is 0 Å². The van der Waals surface area contributed by atoms with Crippen molar-refractivity contribution in [3.63, 3.8) is 0 Å². The zero-order valence-electron chi connectivity index (χ0n) is 22.7. The lowest BCUT2D eigenvalue weighted by molar-refractivity contribution is 0.484. The third-order valence-electron chi connectivity index (χ3n) is 8.84. The highest BCUT2D eigenvalue weighted by atomic mass is 16.5. The topological polar surface area (TPSA) is 22.1 Å². The van der Waals surface area contributed by atoms with Gasteiger partial charge in [-0.3, -0.25) is 4.98 Å². The Morgan fingerprint density at radius 3 is 2.27 bits per heavy atom. The summed E-state index contributed by atoms with van der Waals surface area (Å²) < 4.78 is 7.08. The minimum Gasteiger partial charge on any atom is -0.455 e. The number of pyridine rings is 1. The van der Waals surface area contributed by atoms with Crippen molar-refractivity contribution in [2.45, 2.75) is 32.1 Å². The van der Waals surface area contributed by atoms with Gasteiger partial charge in [0.25, 0.3) is 0 Å². The largest absolute Gasteiger partial charge is 0.455 e. The standard InChI is InChI=1S/C38H29NO/c1-38(2)32-18-8-7-16-30(32)36-33(38)19-10-20-34(36)40-37-28-15-6-5-14-27(28)35(31-23-39-22-21-29(31)37)26-17-9-12-24-11-3-4-13-25(24)26/h3-4,7-23H,5-6H2,1-2H3. The molecule has 0 aliphatic heterocycles. The predicted molar refractivity (Wildman–Crippen MR) is 166 cm³/mol. The highest BCUT2D eigenvalue weighted by Gasteiger charge is 2.37. The number of nitrogens with zero attached hydrogens (tertiary/aromatic N) is 1. The molecule has 0 fully saturated rings. The van der Waals surface area contributed by atoms with Crippen LogP contribution >= 0.6 is 0 Å². The van der Waals surface area contributed by atoms with Crippen molar-refractivity contribution in [3.05, 3.63) is 125 Å². The van der Waals surface area contributed by atoms with Crippen molar-refractivity contribution < 1.29 is 4.74 Å². The first kappa shape index (κ1) is 23.2. The van der Waals surface area contributed by atoms with Gasteiger partial charge in [0.1, 0.15) is 11.5 Å². The van der Waals surface area contributed by atoms with E-state index >= 15 is 0 Å². The van der Waals surface area contributed by atoms with Crippen LogP contribution in [0.25, 0.3) is 56.0 Å². The molecule has 0 N–H and O–H groups in total. The van der Waals surface area contributed by atoms with Crippen molar-refractivity contribution in [1.82, 2.24) is 4.98 Å². The molecule has 0 saturated carbocycles. The van der Waals surface area contributed by atoms with E-state index in [0.717, 1.165) is 35.1 Å². The van der Waals surface area contributed by atoms with Crippen LogP contribution in [0.2, 0.25) is 0 Å². The second-order valence-corrected chi connectivity index (χ2v) is 11.4. The van der Waals surface area contributed by atoms with E-state index in [4.69, 9.17) is 4.74 Å². The van der Waals surface area contributed by atoms with Gasteiger partial charge < -0.3 is 4.74 Å². The first-order chi connectivity index (χ1) is 19.6. The van der Waals surface area contributed by atoms with E-state index in [-0.39, 0.29) is 5.41 Å². The zero-order valence-corrected chi connectivity index (χ0v) is 22.7. The summed E-state index contributed by atoms with van der Waals surface area (Å²) in [4.78, 5) is 4.60. The van der Waals surface area contributed by atoms with E-state index in [0.29, 0.717) is 0 Å². The average Bonchev–Trinajstić information content (AvgIpc) is 3.24. The van der Waals surface area contributed by atoms with E-state index in [1.165, 1.54) is 54.6 Å². The maximum absolute atomic E-state index is 7.08. The van der Waals surface area contributed by atoms with Gasteiger partial charge in [-0.15, -0.1) is 0 Å². The van der Waals surface area contributed by atoms with Gasteiger partial charge in [0.05, 0.1) is 0 Å². The van der Waals surface area contributed by atoms with Gasteiger partial charge >= 0.3 is 0 Å². The Balaban J connectivity index is 1.43. The molecule has 0 radical (unpaired) electrons. The van der Waals surface area contributed by atoms with Crippen molar-refractivity contribution >= 4 is 33.7 Å². The molecule has 40 heavy (non-hydrogen) atoms. The van der Waals surface area contributed by atoms with E-state index < -0.39 is 0 Å². The van der Waals surface area contributed by atoms with Gasteiger partial charge in [-0.05, 0) is 68.8 Å². The van der Waals surface area contributed by atoms with E-state index in [9.17, 15) is 0 Å². The minimum atomic E-state index is -0.0746. The Kier molecular flexibility index (Phi) is 5.03. The molecule has 1 heterocycles. The second-order valence-electron chi connectivity index (χ2n) is 11.4. The van der Waals surface area contributed by atoms with Gasteiger partial charge in [-0.2, -0.15) is 0 Å². The van der Waals surface area contributed by atoms with Crippen LogP contribution < -0.4 is 15.2 Å². The molecule has 0 unspecified atom stereocenters. The number of rotatable bonds is 3. The van der Waals surface area contributed by atoms with Crippen molar-refractivity contribution in [3.8, 4) is 33.8 Å². The summed E-state index contributed by atoms with van der Waals surface area (Å²) in [5.74, 6) is 1.83. The molecular weight excluding hydrogens is 486 g/mol. The lowest BCUT2D eigenvalue weighted by Gasteiger charge is -2.22. The maximum atomic E-state index is 7.08. The number of ether oxygens (including phenoxy) is 1. The Labute approximate surface area is 233 Å². The molecule has 2 aliphatic rings. The summed E-state index contributed by atoms with van der Waals surface area (Å²) in [6, 6.07) is 32.6. The van der Waals surface area contributed by atoms with E-state index in [1.54, 1.807) is 0 Å². The monoisotopic (exact) mass is 515 g/mol. The van der Waals surface area contributed by atoms with E-state index in [2.05, 4.69) is 122 Å². The molecule has 6 aromatic rings. The fourth-order valence-corrected chi connectivity index (χ4v) is 6.97. The Bertz CT molecular complexity index is 2110. The molecule has 0 saturated heterocycles. The number of benzene rings is 5. The smallest absolute Gasteiger partial charge is 0.142 e. The van der Waals surface area contributed by atoms with Crippen LogP contribution in [-0.2, 0) is 5.41 Å². The molecule has 2 aliphatic carbocycles. The molecule has 0 spiro atoms. The molecule has 1 aromatic heterocycles. The molecule has 8 rings (SSSR count). The molecule has 2 nitrogen and oxygen atoms in total. The van der Waals surface area contributed by atoms with Gasteiger partial charge in [-0.1, -0.05) is 105 Å². The van der Waals surface area contributed by atoms with Crippen LogP contribution in [-0.4, -0.2) is 4.98 Å². The van der Waals surface area contributed by atoms with Crippen molar-refractivity contribution in [2.24, 2.45) is 0 Å². The highest BCUT2D eigenvalue weighted by Crippen LogP contribution is 2.52. The molecular formula is C38H29NO. The summed E-state index contributed by atoms with van der Waals surface area (Å²) in [5, 5.41) is 7.12. The Morgan fingerprint density at radius 2 is 1.35 bits per heavy atom. The number of fused-ring (bicyclic) bond motifs is 6. The van der Waals surface area contributed by atoms with Crippen LogP contribution in [0.1, 0.15) is 37.8 Å². The van der Waals surface area contributed by atoms with Gasteiger partial charge in [0.2, 0.25) is 0 Å². The first-order valence-electron chi connectivity index (χ1n) is 14.1. The van der Waals surface area contributed by atoms with Gasteiger partial charge in [0, 0.05) is 39.4 Å². The molecule has 0 bridgehead atoms. The summed E-state index contributed by atoms with van der Waals surface area (Å²) in [6.45, 7) is 4.62. The molecule has 192 valence electrons. The Morgan fingerprint density at radius 1 is 0.625 bits per heavy atom. The number of aromatic nitrogens is 1. The first-order valence-corrected chi connectivity index (χ1v) is 14.1. The van der Waals surface area contributed by atoms with Crippen LogP contribution in [0.5, 0.6) is 11.5 Å². The summed E-state index contributed by atoms with van der Waals surface area (Å²) in [5.41, 5.74) is 7.54. The minimum absolute atomic E-state index is 0.0746. The number of hydrogen-bond donors (Lipinski definition) is 0. The maximum Gasteiger partial charge on any atom is 0.142 e. The SMILES string of the molecule is CC1(C)c2ccccc2-c2c(Oc3c4c(c(-c5cccc6ccccc56)c5cnccc35)=CCCC=4)cccc21. The summed E-state index contributed by atoms with van der Waals surface area (Å²) in [7, 11) is 0. The molecule has 5 aromatic carbocycles. The average molecular weight is 516 g/mol. The van der Waals surface area contributed by atoms with Crippen LogP contribution in [0.15, 0.2) is 103 Å². The van der Waals surface area contributed by atoms with Crippen molar-refractivity contribution in [1.29, 1.82) is 0 Å². The highest BCUT2D eigenvalue weighted by molar-refractivity contribution is 6.07. The summed E-state index contributed by atoms with van der Waals surface area (Å²) >= 11 is 0. The quantitative estimate of drug-likeness (QED) is 0.236. The third kappa shape index (κ3) is 3.26. The zero-order chi connectivity index (χ0) is 26.8. The van der Waals surface area contributed by atoms with E-state index in [1.807, 2.05) is 12.4 Å². The molecule has 2 heteroatoms. The fraction of sp³-hybridized carbons (Fsp3) is 0.132. The van der Waals surface area contributed by atoms with Crippen LogP contribution in [0.3, 0.4) is 0 Å².